The van der Waals surface area contributed by atoms with Crippen LogP contribution in [0.1, 0.15) is 17.1 Å². The molecule has 3 heterocycles. The average Bonchev–Trinajstić information content (AvgIpc) is 2.76. The molecule has 138 valence electrons. The normalized spacial score (nSPS) is 11.1. The van der Waals surface area contributed by atoms with E-state index in [1.54, 1.807) is 31.0 Å². The summed E-state index contributed by atoms with van der Waals surface area (Å²) in [6, 6.07) is 16.6. The molecule has 28 heavy (non-hydrogen) atoms. The van der Waals surface area contributed by atoms with Crippen molar-refractivity contribution in [2.75, 3.05) is 0 Å². The Morgan fingerprint density at radius 1 is 0.643 bits per heavy atom. The topological polar surface area (TPSA) is 112 Å². The second kappa shape index (κ2) is 10.7. The van der Waals surface area contributed by atoms with E-state index in [9.17, 15) is 0 Å². The highest BCUT2D eigenvalue weighted by atomic mass is 15.5. The maximum atomic E-state index is 4.15. The van der Waals surface area contributed by atoms with Gasteiger partial charge < -0.3 is 0 Å². The lowest BCUT2D eigenvalue weighted by Crippen LogP contribution is -2.30. The molecule has 9 heteroatoms. The molecule has 9 nitrogen and oxygen atoms in total. The van der Waals surface area contributed by atoms with Crippen molar-refractivity contribution < 1.29 is 0 Å². The smallest absolute Gasteiger partial charge is 0.255 e. The molecule has 2 N–H and O–H groups in total. The predicted octanol–water partition coefficient (Wildman–Crippen LogP) is 1.81. The number of aromatic nitrogens is 3. The van der Waals surface area contributed by atoms with Crippen molar-refractivity contribution in [3.8, 4) is 0 Å². The van der Waals surface area contributed by atoms with Gasteiger partial charge in [0.1, 0.15) is 0 Å². The molecule has 0 bridgehead atoms. The monoisotopic (exact) mass is 371 g/mol. The Hall–Kier alpha value is -4.27. The van der Waals surface area contributed by atoms with Crippen molar-refractivity contribution in [2.45, 2.75) is 0 Å². The molecule has 0 aliphatic heterocycles. The van der Waals surface area contributed by atoms with Crippen molar-refractivity contribution in [3.05, 3.63) is 90.3 Å². The van der Waals surface area contributed by atoms with Gasteiger partial charge in [0, 0.05) is 18.6 Å². The molecule has 0 atom stereocenters. The molecule has 0 fully saturated rings. The third-order valence-corrected chi connectivity index (χ3v) is 3.15. The first-order valence-electron chi connectivity index (χ1n) is 8.32. The number of hydrogen-bond acceptors (Lipinski definition) is 7. The zero-order chi connectivity index (χ0) is 19.3. The first-order chi connectivity index (χ1) is 13.9. The van der Waals surface area contributed by atoms with Gasteiger partial charge in [0.05, 0.1) is 35.7 Å². The lowest BCUT2D eigenvalue weighted by atomic mass is 10.4. The molecule has 3 aromatic rings. The molecule has 3 aromatic heterocycles. The molecular weight excluding hydrogens is 354 g/mol. The van der Waals surface area contributed by atoms with E-state index >= 15 is 0 Å². The highest BCUT2D eigenvalue weighted by Gasteiger charge is 1.95. The second-order valence-electron chi connectivity index (χ2n) is 5.20. The molecule has 0 aliphatic rings. The number of hydrazone groups is 2. The number of rotatable bonds is 6. The molecule has 0 radical (unpaired) electrons. The van der Waals surface area contributed by atoms with Gasteiger partial charge in [-0.05, 0) is 36.4 Å². The molecule has 0 spiro atoms. The van der Waals surface area contributed by atoms with E-state index in [-0.39, 0.29) is 5.96 Å². The fraction of sp³-hybridized carbons (Fsp3) is 0. The molecule has 0 aromatic carbocycles. The fourth-order valence-electron chi connectivity index (χ4n) is 1.89. The van der Waals surface area contributed by atoms with Gasteiger partial charge in [0.25, 0.3) is 5.96 Å². The Bertz CT molecular complexity index is 899. The van der Waals surface area contributed by atoms with Crippen LogP contribution in [0.25, 0.3) is 0 Å². The van der Waals surface area contributed by atoms with Gasteiger partial charge in [-0.2, -0.15) is 15.3 Å². The quantitative estimate of drug-likeness (QED) is 0.390. The van der Waals surface area contributed by atoms with Gasteiger partial charge in [-0.25, -0.2) is 10.9 Å². The minimum Gasteiger partial charge on any atom is -0.255 e. The fourth-order valence-corrected chi connectivity index (χ4v) is 1.89. The van der Waals surface area contributed by atoms with Crippen LogP contribution in [0.5, 0.6) is 0 Å². The number of guanidine groups is 1. The Morgan fingerprint density at radius 2 is 1.11 bits per heavy atom. The van der Waals surface area contributed by atoms with Gasteiger partial charge in [0.2, 0.25) is 0 Å². The summed E-state index contributed by atoms with van der Waals surface area (Å²) in [7, 11) is 0. The molecule has 3 rings (SSSR count). The van der Waals surface area contributed by atoms with Crippen LogP contribution in [0.4, 0.5) is 0 Å². The standard InChI is InChI=1S/C19H17N9/c1-4-10-20-16(7-1)13-23-26-19(27-24-14-17-8-2-5-11-21-17)28-25-15-18-9-3-6-12-22-18/h1-15H,(H2,26,27,28)/b23-13+,24-14+,25-15+. The average molecular weight is 371 g/mol. The summed E-state index contributed by atoms with van der Waals surface area (Å²) in [5.41, 5.74) is 7.56. The lowest BCUT2D eigenvalue weighted by Gasteiger charge is -2.02. The first-order valence-corrected chi connectivity index (χ1v) is 8.32. The van der Waals surface area contributed by atoms with Crippen molar-refractivity contribution in [1.29, 1.82) is 0 Å². The molecule has 0 saturated heterocycles. The summed E-state index contributed by atoms with van der Waals surface area (Å²) < 4.78 is 0. The predicted molar refractivity (Wildman–Crippen MR) is 109 cm³/mol. The third-order valence-electron chi connectivity index (χ3n) is 3.15. The van der Waals surface area contributed by atoms with E-state index in [0.29, 0.717) is 17.1 Å². The van der Waals surface area contributed by atoms with Crippen LogP contribution in [0, 0.1) is 0 Å². The van der Waals surface area contributed by atoms with E-state index < -0.39 is 0 Å². The summed E-state index contributed by atoms with van der Waals surface area (Å²) in [6.07, 6.45) is 9.68. The number of pyridine rings is 3. The maximum Gasteiger partial charge on any atom is 0.257 e. The Morgan fingerprint density at radius 3 is 1.54 bits per heavy atom. The van der Waals surface area contributed by atoms with E-state index in [1.165, 1.54) is 6.21 Å². The van der Waals surface area contributed by atoms with E-state index in [1.807, 2.05) is 54.6 Å². The molecule has 0 unspecified atom stereocenters. The Labute approximate surface area is 161 Å². The number of nitrogens with zero attached hydrogens (tertiary/aromatic N) is 7. The van der Waals surface area contributed by atoms with Crippen LogP contribution < -0.4 is 10.9 Å². The van der Waals surface area contributed by atoms with Crippen LogP contribution in [0.15, 0.2) is 93.6 Å². The highest BCUT2D eigenvalue weighted by Crippen LogP contribution is 1.90. The van der Waals surface area contributed by atoms with Crippen molar-refractivity contribution in [2.24, 2.45) is 20.4 Å². The third kappa shape index (κ3) is 6.56. The summed E-state index contributed by atoms with van der Waals surface area (Å²) in [4.78, 5) is 12.5. The Balaban J connectivity index is 1.67. The lowest BCUT2D eigenvalue weighted by molar-refractivity contribution is 0.889. The SMILES string of the molecule is C(=N\N=C(N/N=C/c1ccccn1)N/N=C/c1ccccn1)/c1ccccn1. The van der Waals surface area contributed by atoms with Gasteiger partial charge in [-0.1, -0.05) is 18.2 Å². The van der Waals surface area contributed by atoms with Gasteiger partial charge >= 0.3 is 0 Å². The molecular formula is C19H17N9. The minimum absolute atomic E-state index is 0.214. The molecule has 0 saturated carbocycles. The van der Waals surface area contributed by atoms with Gasteiger partial charge in [-0.3, -0.25) is 15.0 Å². The van der Waals surface area contributed by atoms with E-state index in [4.69, 9.17) is 0 Å². The summed E-state index contributed by atoms with van der Waals surface area (Å²) in [5.74, 6) is 0.214. The summed E-state index contributed by atoms with van der Waals surface area (Å²) in [6.45, 7) is 0. The largest absolute Gasteiger partial charge is 0.257 e. The van der Waals surface area contributed by atoms with Crippen molar-refractivity contribution in [3.63, 3.8) is 0 Å². The Kier molecular flexibility index (Phi) is 7.05. The zero-order valence-corrected chi connectivity index (χ0v) is 14.8. The van der Waals surface area contributed by atoms with Crippen molar-refractivity contribution in [1.82, 2.24) is 25.8 Å². The van der Waals surface area contributed by atoms with Crippen LogP contribution in [-0.2, 0) is 0 Å². The van der Waals surface area contributed by atoms with Gasteiger partial charge in [0.15, 0.2) is 0 Å². The van der Waals surface area contributed by atoms with Crippen LogP contribution in [0.3, 0.4) is 0 Å². The number of nitrogens with one attached hydrogen (secondary N) is 2. The second-order valence-corrected chi connectivity index (χ2v) is 5.20. The van der Waals surface area contributed by atoms with E-state index in [0.717, 1.165) is 0 Å². The minimum atomic E-state index is 0.214. The summed E-state index contributed by atoms with van der Waals surface area (Å²) in [5, 5.41) is 16.2. The van der Waals surface area contributed by atoms with E-state index in [2.05, 4.69) is 46.2 Å². The maximum absolute atomic E-state index is 4.15. The van der Waals surface area contributed by atoms with Crippen LogP contribution in [0.2, 0.25) is 0 Å². The summed E-state index contributed by atoms with van der Waals surface area (Å²) >= 11 is 0. The zero-order valence-electron chi connectivity index (χ0n) is 14.8. The highest BCUT2D eigenvalue weighted by molar-refractivity contribution is 5.85. The van der Waals surface area contributed by atoms with Crippen LogP contribution >= 0.6 is 0 Å². The number of hydrogen-bond donors (Lipinski definition) is 2. The first kappa shape index (κ1) is 18.5. The van der Waals surface area contributed by atoms with Gasteiger partial charge in [-0.15, -0.1) is 5.10 Å². The van der Waals surface area contributed by atoms with Crippen LogP contribution in [-0.4, -0.2) is 39.6 Å². The molecule has 0 amide bonds. The van der Waals surface area contributed by atoms with Crippen molar-refractivity contribution >= 4 is 24.6 Å². The molecule has 0 aliphatic carbocycles.